The molecule has 5 saturated heterocycles. The van der Waals surface area contributed by atoms with Crippen LogP contribution in [0.4, 0.5) is 0 Å². The highest BCUT2D eigenvalue weighted by Crippen LogP contribution is 2.52. The molecule has 4 nitrogen and oxygen atoms in total. The molecule has 4 unspecified atom stereocenters. The van der Waals surface area contributed by atoms with Crippen LogP contribution in [0.25, 0.3) is 0 Å². The molecule has 0 aromatic rings. The van der Waals surface area contributed by atoms with E-state index in [1.807, 2.05) is 0 Å². The fourth-order valence-corrected chi connectivity index (χ4v) is 5.90. The molecule has 114 valence electrons. The van der Waals surface area contributed by atoms with Gasteiger partial charge in [0.25, 0.3) is 0 Å². The summed E-state index contributed by atoms with van der Waals surface area (Å²) in [4.78, 5) is 5.32. The van der Waals surface area contributed by atoms with E-state index in [-0.39, 0.29) is 22.5 Å². The summed E-state index contributed by atoms with van der Waals surface area (Å²) in [5.74, 6) is 0. The molecule has 0 radical (unpaired) electrons. The van der Waals surface area contributed by atoms with Crippen molar-refractivity contribution in [2.24, 2.45) is 10.8 Å². The normalized spacial score (nSPS) is 60.1. The Morgan fingerprint density at radius 2 is 1.50 bits per heavy atom. The topological polar surface area (TPSA) is 35.9 Å². The zero-order chi connectivity index (χ0) is 14.3. The van der Waals surface area contributed by atoms with Crippen LogP contribution in [-0.4, -0.2) is 71.5 Å². The first kappa shape index (κ1) is 13.5. The van der Waals surface area contributed by atoms with Gasteiger partial charge < -0.3 is 9.84 Å². The van der Waals surface area contributed by atoms with E-state index < -0.39 is 0 Å². The van der Waals surface area contributed by atoms with Crippen molar-refractivity contribution in [3.63, 3.8) is 0 Å². The number of ether oxygens (including phenoxy) is 1. The van der Waals surface area contributed by atoms with E-state index >= 15 is 0 Å². The number of aliphatic hydroxyl groups is 1. The molecule has 0 aliphatic carbocycles. The summed E-state index contributed by atoms with van der Waals surface area (Å²) >= 11 is 0. The quantitative estimate of drug-likeness (QED) is 0.716. The van der Waals surface area contributed by atoms with E-state index in [2.05, 4.69) is 37.5 Å². The van der Waals surface area contributed by atoms with Gasteiger partial charge in [-0.25, -0.2) is 0 Å². The molecule has 5 aliphatic rings. The first-order chi connectivity index (χ1) is 9.25. The average molecular weight is 280 g/mol. The van der Waals surface area contributed by atoms with Crippen LogP contribution in [0.1, 0.15) is 34.1 Å². The first-order valence-electron chi connectivity index (χ1n) is 8.05. The van der Waals surface area contributed by atoms with Crippen LogP contribution in [-0.2, 0) is 4.74 Å². The smallest absolute Gasteiger partial charge is 0.0796 e. The molecule has 5 heterocycles. The Kier molecular flexibility index (Phi) is 2.55. The molecule has 5 rings (SSSR count). The van der Waals surface area contributed by atoms with E-state index in [9.17, 15) is 5.11 Å². The maximum absolute atomic E-state index is 10.8. The van der Waals surface area contributed by atoms with Gasteiger partial charge in [-0.05, 0) is 20.3 Å². The predicted molar refractivity (Wildman–Crippen MR) is 77.6 cm³/mol. The summed E-state index contributed by atoms with van der Waals surface area (Å²) in [6.45, 7) is 14.0. The predicted octanol–water partition coefficient (Wildman–Crippen LogP) is 0.941. The van der Waals surface area contributed by atoms with Gasteiger partial charge in [-0.3, -0.25) is 9.80 Å². The molecule has 0 aromatic heterocycles. The Labute approximate surface area is 122 Å². The lowest BCUT2D eigenvalue weighted by Crippen LogP contribution is -2.68. The lowest BCUT2D eigenvalue weighted by molar-refractivity contribution is -0.164. The summed E-state index contributed by atoms with van der Waals surface area (Å²) in [5.41, 5.74) is -0.0582. The summed E-state index contributed by atoms with van der Waals surface area (Å²) < 4.78 is 6.11. The van der Waals surface area contributed by atoms with Gasteiger partial charge in [0, 0.05) is 49.7 Å². The van der Waals surface area contributed by atoms with E-state index in [0.29, 0.717) is 12.1 Å². The van der Waals surface area contributed by atoms with Crippen LogP contribution in [0.3, 0.4) is 0 Å². The molecule has 5 aliphatic heterocycles. The minimum absolute atomic E-state index is 0.0126. The molecule has 20 heavy (non-hydrogen) atoms. The molecule has 4 bridgehead atoms. The number of hydrogen-bond acceptors (Lipinski definition) is 4. The minimum atomic E-state index is -0.174. The van der Waals surface area contributed by atoms with Gasteiger partial charge >= 0.3 is 0 Å². The second-order valence-corrected chi connectivity index (χ2v) is 8.77. The van der Waals surface area contributed by atoms with E-state index in [4.69, 9.17) is 4.74 Å². The Morgan fingerprint density at radius 3 is 2.10 bits per heavy atom. The molecule has 4 atom stereocenters. The van der Waals surface area contributed by atoms with Gasteiger partial charge in [-0.2, -0.15) is 0 Å². The van der Waals surface area contributed by atoms with Crippen molar-refractivity contribution in [1.29, 1.82) is 0 Å². The Bertz CT molecular complexity index is 418. The first-order valence-corrected chi connectivity index (χ1v) is 8.05. The van der Waals surface area contributed by atoms with E-state index in [0.717, 1.165) is 39.2 Å². The van der Waals surface area contributed by atoms with Crippen LogP contribution in [0.2, 0.25) is 0 Å². The lowest BCUT2D eigenvalue weighted by Gasteiger charge is -2.57. The maximum atomic E-state index is 10.8. The fraction of sp³-hybridized carbons (Fsp3) is 1.00. The SMILES string of the molecule is CC12CN3CC(C)(CN(C1)C1C3CCOC1(C)C)C2O. The highest BCUT2D eigenvalue weighted by atomic mass is 16.5. The van der Waals surface area contributed by atoms with Crippen molar-refractivity contribution in [2.45, 2.75) is 57.9 Å². The number of piperidine rings is 2. The molecule has 0 aromatic carbocycles. The molecule has 4 heteroatoms. The number of rotatable bonds is 0. The minimum Gasteiger partial charge on any atom is -0.392 e. The van der Waals surface area contributed by atoms with Crippen LogP contribution >= 0.6 is 0 Å². The van der Waals surface area contributed by atoms with Gasteiger partial charge in [0.1, 0.15) is 0 Å². The van der Waals surface area contributed by atoms with E-state index in [1.54, 1.807) is 0 Å². The summed E-state index contributed by atoms with van der Waals surface area (Å²) in [5, 5.41) is 10.8. The molecule has 0 saturated carbocycles. The van der Waals surface area contributed by atoms with Crippen molar-refractivity contribution in [3.05, 3.63) is 0 Å². The van der Waals surface area contributed by atoms with Crippen LogP contribution in [0.15, 0.2) is 0 Å². The van der Waals surface area contributed by atoms with Gasteiger partial charge in [0.15, 0.2) is 0 Å². The van der Waals surface area contributed by atoms with Crippen molar-refractivity contribution < 1.29 is 9.84 Å². The van der Waals surface area contributed by atoms with Crippen molar-refractivity contribution in [3.8, 4) is 0 Å². The Morgan fingerprint density at radius 1 is 0.950 bits per heavy atom. The van der Waals surface area contributed by atoms with Gasteiger partial charge in [0.2, 0.25) is 0 Å². The Balaban J connectivity index is 1.82. The number of nitrogens with zero attached hydrogens (tertiary/aromatic N) is 2. The molecule has 0 amide bonds. The zero-order valence-electron chi connectivity index (χ0n) is 13.2. The molecular weight excluding hydrogens is 252 g/mol. The maximum Gasteiger partial charge on any atom is 0.0796 e. The number of aliphatic hydroxyl groups excluding tert-OH is 1. The van der Waals surface area contributed by atoms with Crippen molar-refractivity contribution in [1.82, 2.24) is 9.80 Å². The molecule has 5 fully saturated rings. The zero-order valence-corrected chi connectivity index (χ0v) is 13.2. The fourth-order valence-electron chi connectivity index (χ4n) is 5.90. The summed E-state index contributed by atoms with van der Waals surface area (Å²) in [7, 11) is 0. The van der Waals surface area contributed by atoms with Gasteiger partial charge in [-0.1, -0.05) is 13.8 Å². The van der Waals surface area contributed by atoms with Crippen LogP contribution in [0.5, 0.6) is 0 Å². The Hall–Kier alpha value is -0.160. The van der Waals surface area contributed by atoms with Gasteiger partial charge in [-0.15, -0.1) is 0 Å². The van der Waals surface area contributed by atoms with E-state index in [1.165, 1.54) is 0 Å². The third-order valence-electron chi connectivity index (χ3n) is 6.40. The third kappa shape index (κ3) is 1.57. The molecule has 1 N–H and O–H groups in total. The third-order valence-corrected chi connectivity index (χ3v) is 6.40. The van der Waals surface area contributed by atoms with Crippen LogP contribution < -0.4 is 0 Å². The standard InChI is InChI=1S/C16H28N2O2/c1-14(2)12-11(5-6-20-14)17-7-15(3)9-18(12)10-16(4,8-17)13(15)19/h11-13,19H,5-10H2,1-4H3. The second kappa shape index (κ2) is 3.78. The highest BCUT2D eigenvalue weighted by molar-refractivity contribution is 5.16. The highest BCUT2D eigenvalue weighted by Gasteiger charge is 2.63. The van der Waals surface area contributed by atoms with Crippen molar-refractivity contribution >= 4 is 0 Å². The summed E-state index contributed by atoms with van der Waals surface area (Å²) in [6.07, 6.45) is 0.957. The summed E-state index contributed by atoms with van der Waals surface area (Å²) in [6, 6.07) is 1.06. The van der Waals surface area contributed by atoms with Gasteiger partial charge in [0.05, 0.1) is 17.7 Å². The lowest BCUT2D eigenvalue weighted by atomic mass is 9.63. The second-order valence-electron chi connectivity index (χ2n) is 8.77. The van der Waals surface area contributed by atoms with Crippen molar-refractivity contribution in [2.75, 3.05) is 32.8 Å². The molecule has 0 spiro atoms. The molecular formula is C16H28N2O2. The monoisotopic (exact) mass is 280 g/mol. The largest absolute Gasteiger partial charge is 0.392 e. The number of hydrogen-bond donors (Lipinski definition) is 1. The average Bonchev–Trinajstić information content (AvgIpc) is 2.48. The van der Waals surface area contributed by atoms with Crippen LogP contribution in [0, 0.1) is 10.8 Å².